The van der Waals surface area contributed by atoms with Crippen molar-refractivity contribution in [2.24, 2.45) is 18.7 Å². The number of ether oxygens (including phenoxy) is 1. The van der Waals surface area contributed by atoms with Crippen molar-refractivity contribution in [1.29, 1.82) is 0 Å². The largest absolute Gasteiger partial charge is 0.441 e. The van der Waals surface area contributed by atoms with Gasteiger partial charge < -0.3 is 15.8 Å². The highest BCUT2D eigenvalue weighted by Gasteiger charge is 2.32. The smallest absolute Gasteiger partial charge is 0.413 e. The summed E-state index contributed by atoms with van der Waals surface area (Å²) in [5.41, 5.74) is 7.70. The second-order valence-electron chi connectivity index (χ2n) is 7.82. The molecule has 1 aliphatic rings. The SMILES string of the molecule is C[C@@H](OC(=O)Nc1c(-c2ccc(NC(=O)C3CC(N)C3)cn2)nnn1C)c1cccnc1Cl. The minimum absolute atomic E-state index is 0.0644. The molecule has 0 bridgehead atoms. The van der Waals surface area contributed by atoms with E-state index < -0.39 is 12.2 Å². The quantitative estimate of drug-likeness (QED) is 0.465. The van der Waals surface area contributed by atoms with Gasteiger partial charge in [-0.3, -0.25) is 15.1 Å². The van der Waals surface area contributed by atoms with E-state index in [1.165, 1.54) is 10.9 Å². The number of pyridine rings is 2. The van der Waals surface area contributed by atoms with Crippen LogP contribution in [-0.2, 0) is 16.6 Å². The predicted molar refractivity (Wildman–Crippen MR) is 121 cm³/mol. The van der Waals surface area contributed by atoms with Gasteiger partial charge in [0, 0.05) is 30.8 Å². The summed E-state index contributed by atoms with van der Waals surface area (Å²) in [4.78, 5) is 33.0. The van der Waals surface area contributed by atoms with Crippen molar-refractivity contribution in [2.45, 2.75) is 31.9 Å². The van der Waals surface area contributed by atoms with Gasteiger partial charge in [0.1, 0.15) is 11.3 Å². The number of hydrogen-bond acceptors (Lipinski definition) is 8. The van der Waals surface area contributed by atoms with Gasteiger partial charge in [-0.1, -0.05) is 22.9 Å². The van der Waals surface area contributed by atoms with E-state index in [0.29, 0.717) is 41.3 Å². The van der Waals surface area contributed by atoms with Gasteiger partial charge in [-0.2, -0.15) is 0 Å². The number of hydrogen-bond donors (Lipinski definition) is 3. The molecule has 0 saturated heterocycles. The predicted octanol–water partition coefficient (Wildman–Crippen LogP) is 2.91. The summed E-state index contributed by atoms with van der Waals surface area (Å²) in [6.07, 6.45) is 3.12. The van der Waals surface area contributed by atoms with E-state index in [1.807, 2.05) is 0 Å². The Morgan fingerprint density at radius 3 is 2.70 bits per heavy atom. The Bertz CT molecular complexity index is 1160. The molecule has 12 heteroatoms. The fourth-order valence-electron chi connectivity index (χ4n) is 3.45. The highest BCUT2D eigenvalue weighted by atomic mass is 35.5. The molecule has 1 fully saturated rings. The van der Waals surface area contributed by atoms with Crippen LogP contribution in [0.25, 0.3) is 11.4 Å². The maximum atomic E-state index is 12.5. The van der Waals surface area contributed by atoms with Gasteiger partial charge in [-0.25, -0.2) is 14.5 Å². The third-order valence-corrected chi connectivity index (χ3v) is 5.69. The van der Waals surface area contributed by atoms with Crippen LogP contribution >= 0.6 is 11.6 Å². The first-order valence-corrected chi connectivity index (χ1v) is 10.7. The summed E-state index contributed by atoms with van der Waals surface area (Å²) in [7, 11) is 1.63. The van der Waals surface area contributed by atoms with Crippen LogP contribution in [0.1, 0.15) is 31.4 Å². The standard InChI is InChI=1S/C21H23ClN8O3/c1-11(15-4-3-7-24-18(15)22)33-21(32)27-19-17(28-29-30(19)2)16-6-5-14(10-25-16)26-20(31)12-8-13(23)9-12/h3-7,10-13H,8-9,23H2,1-2H3,(H,26,31)(H,27,32)/t11-,12?,13?/m1/s1. The number of carbonyl (C=O) groups is 2. The Morgan fingerprint density at radius 2 is 2.03 bits per heavy atom. The van der Waals surface area contributed by atoms with Crippen LogP contribution in [-0.4, -0.2) is 43.0 Å². The first-order valence-electron chi connectivity index (χ1n) is 10.3. The molecule has 3 aromatic rings. The number of nitrogens with zero attached hydrogens (tertiary/aromatic N) is 5. The van der Waals surface area contributed by atoms with Crippen molar-refractivity contribution in [3.8, 4) is 11.4 Å². The molecule has 0 unspecified atom stereocenters. The maximum absolute atomic E-state index is 12.5. The summed E-state index contributed by atoms with van der Waals surface area (Å²) in [5, 5.41) is 13.8. The molecule has 11 nitrogen and oxygen atoms in total. The van der Waals surface area contributed by atoms with Crippen molar-refractivity contribution >= 4 is 35.1 Å². The fourth-order valence-corrected chi connectivity index (χ4v) is 3.72. The third kappa shape index (κ3) is 5.10. The minimum atomic E-state index is -0.711. The number of aryl methyl sites for hydroxylation is 1. The Labute approximate surface area is 194 Å². The molecule has 0 aliphatic heterocycles. The summed E-state index contributed by atoms with van der Waals surface area (Å²) >= 11 is 6.07. The second-order valence-corrected chi connectivity index (χ2v) is 8.17. The zero-order valence-electron chi connectivity index (χ0n) is 18.0. The van der Waals surface area contributed by atoms with Gasteiger partial charge in [0.05, 0.1) is 17.6 Å². The van der Waals surface area contributed by atoms with Gasteiger partial charge in [0.2, 0.25) is 5.91 Å². The van der Waals surface area contributed by atoms with E-state index in [1.54, 1.807) is 44.4 Å². The minimum Gasteiger partial charge on any atom is -0.441 e. The van der Waals surface area contributed by atoms with E-state index >= 15 is 0 Å². The van der Waals surface area contributed by atoms with E-state index in [-0.39, 0.29) is 23.0 Å². The van der Waals surface area contributed by atoms with E-state index in [9.17, 15) is 9.59 Å². The van der Waals surface area contributed by atoms with Crippen LogP contribution in [0.5, 0.6) is 0 Å². The number of aromatic nitrogens is 5. The number of amides is 2. The Kier molecular flexibility index (Phi) is 6.52. The lowest BCUT2D eigenvalue weighted by atomic mass is 9.80. The molecular formula is C21H23ClN8O3. The molecule has 0 spiro atoms. The first kappa shape index (κ1) is 22.6. The summed E-state index contributed by atoms with van der Waals surface area (Å²) in [6, 6.07) is 6.93. The van der Waals surface area contributed by atoms with Crippen molar-refractivity contribution in [1.82, 2.24) is 25.0 Å². The normalized spacial score (nSPS) is 18.2. The number of anilines is 2. The lowest BCUT2D eigenvalue weighted by Crippen LogP contribution is -2.42. The summed E-state index contributed by atoms with van der Waals surface area (Å²) in [5.74, 6) is 0.168. The monoisotopic (exact) mass is 470 g/mol. The Morgan fingerprint density at radius 1 is 1.24 bits per heavy atom. The maximum Gasteiger partial charge on any atom is 0.413 e. The molecule has 1 saturated carbocycles. The third-order valence-electron chi connectivity index (χ3n) is 5.38. The van der Waals surface area contributed by atoms with E-state index in [0.717, 1.165) is 0 Å². The highest BCUT2D eigenvalue weighted by molar-refractivity contribution is 6.30. The summed E-state index contributed by atoms with van der Waals surface area (Å²) < 4.78 is 6.82. The molecule has 0 aromatic carbocycles. The zero-order chi connectivity index (χ0) is 23.5. The molecule has 1 aliphatic carbocycles. The van der Waals surface area contributed by atoms with Crippen LogP contribution in [0, 0.1) is 5.92 Å². The highest BCUT2D eigenvalue weighted by Crippen LogP contribution is 2.28. The number of halogens is 1. The number of nitrogens with two attached hydrogens (primary N) is 1. The van der Waals surface area contributed by atoms with Crippen LogP contribution in [0.2, 0.25) is 5.15 Å². The van der Waals surface area contributed by atoms with Crippen LogP contribution in [0.15, 0.2) is 36.7 Å². The lowest BCUT2D eigenvalue weighted by Gasteiger charge is -2.30. The fraction of sp³-hybridized carbons (Fsp3) is 0.333. The summed E-state index contributed by atoms with van der Waals surface area (Å²) in [6.45, 7) is 1.69. The molecule has 2 amide bonds. The molecular weight excluding hydrogens is 448 g/mol. The van der Waals surface area contributed by atoms with Gasteiger partial charge in [-0.15, -0.1) is 5.10 Å². The number of carbonyl (C=O) groups excluding carboxylic acids is 2. The van der Waals surface area contributed by atoms with Crippen molar-refractivity contribution in [3.63, 3.8) is 0 Å². The Balaban J connectivity index is 1.42. The number of nitrogens with one attached hydrogen (secondary N) is 2. The van der Waals surface area contributed by atoms with Gasteiger partial charge >= 0.3 is 6.09 Å². The van der Waals surface area contributed by atoms with Gasteiger partial charge in [0.15, 0.2) is 11.5 Å². The Hall–Kier alpha value is -3.57. The van der Waals surface area contributed by atoms with Crippen molar-refractivity contribution < 1.29 is 14.3 Å². The van der Waals surface area contributed by atoms with Crippen molar-refractivity contribution in [3.05, 3.63) is 47.4 Å². The molecule has 4 N–H and O–H groups in total. The second kappa shape index (κ2) is 9.51. The molecule has 0 radical (unpaired) electrons. The molecule has 3 heterocycles. The molecule has 3 aromatic heterocycles. The lowest BCUT2D eigenvalue weighted by molar-refractivity contribution is -0.122. The van der Waals surface area contributed by atoms with Gasteiger partial charge in [0.25, 0.3) is 0 Å². The topological polar surface area (TPSA) is 150 Å². The molecule has 172 valence electrons. The molecule has 1 atom stereocenters. The average Bonchev–Trinajstić information content (AvgIpc) is 3.12. The van der Waals surface area contributed by atoms with E-state index in [4.69, 9.17) is 22.1 Å². The first-order chi connectivity index (χ1) is 15.8. The van der Waals surface area contributed by atoms with E-state index in [2.05, 4.69) is 30.9 Å². The van der Waals surface area contributed by atoms with Crippen LogP contribution in [0.3, 0.4) is 0 Å². The molecule has 4 rings (SSSR count). The average molecular weight is 471 g/mol. The van der Waals surface area contributed by atoms with Gasteiger partial charge in [-0.05, 0) is 38.0 Å². The number of rotatable bonds is 6. The van der Waals surface area contributed by atoms with Crippen molar-refractivity contribution in [2.75, 3.05) is 10.6 Å². The molecule has 33 heavy (non-hydrogen) atoms. The zero-order valence-corrected chi connectivity index (χ0v) is 18.8. The van der Waals surface area contributed by atoms with Crippen LogP contribution in [0.4, 0.5) is 16.3 Å². The van der Waals surface area contributed by atoms with Crippen LogP contribution < -0.4 is 16.4 Å².